The quantitative estimate of drug-likeness (QED) is 0.165. The molecular formula is C35H44O4. The van der Waals surface area contributed by atoms with Gasteiger partial charge < -0.3 is 20.4 Å². The molecule has 4 N–H and O–H groups in total. The summed E-state index contributed by atoms with van der Waals surface area (Å²) in [6, 6.07) is 9.61. The highest BCUT2D eigenvalue weighted by molar-refractivity contribution is 5.56. The molecule has 208 valence electrons. The van der Waals surface area contributed by atoms with E-state index in [2.05, 4.69) is 19.9 Å². The van der Waals surface area contributed by atoms with Gasteiger partial charge in [0, 0.05) is 24.0 Å². The summed E-state index contributed by atoms with van der Waals surface area (Å²) in [5.74, 6) is 1.03. The van der Waals surface area contributed by atoms with Crippen LogP contribution in [0.2, 0.25) is 0 Å². The van der Waals surface area contributed by atoms with Gasteiger partial charge in [0.15, 0.2) is 0 Å². The Hall–Kier alpha value is -3.66. The highest BCUT2D eigenvalue weighted by atomic mass is 16.3. The van der Waals surface area contributed by atoms with Gasteiger partial charge in [0.1, 0.15) is 17.2 Å². The number of allylic oxidation sites excluding steroid dienone is 4. The topological polar surface area (TPSA) is 80.9 Å². The molecule has 0 atom stereocenters. The van der Waals surface area contributed by atoms with E-state index in [1.807, 2.05) is 58.9 Å². The van der Waals surface area contributed by atoms with E-state index in [0.29, 0.717) is 19.3 Å². The summed E-state index contributed by atoms with van der Waals surface area (Å²) >= 11 is 0. The van der Waals surface area contributed by atoms with Crippen LogP contribution in [-0.4, -0.2) is 20.4 Å². The minimum absolute atomic E-state index is 0.225. The van der Waals surface area contributed by atoms with Crippen molar-refractivity contribution in [2.45, 2.75) is 87.5 Å². The van der Waals surface area contributed by atoms with Gasteiger partial charge in [-0.25, -0.2) is 0 Å². The summed E-state index contributed by atoms with van der Waals surface area (Å²) in [6.07, 6.45) is 5.42. The zero-order valence-electron chi connectivity index (χ0n) is 24.8. The van der Waals surface area contributed by atoms with Crippen LogP contribution in [0.1, 0.15) is 89.2 Å². The van der Waals surface area contributed by atoms with Gasteiger partial charge >= 0.3 is 0 Å². The van der Waals surface area contributed by atoms with E-state index in [0.717, 1.165) is 74.0 Å². The van der Waals surface area contributed by atoms with Crippen LogP contribution in [-0.2, 0) is 19.3 Å². The minimum Gasteiger partial charge on any atom is -0.512 e. The summed E-state index contributed by atoms with van der Waals surface area (Å²) in [6.45, 7) is 15.8. The maximum atomic E-state index is 11.1. The molecule has 4 nitrogen and oxygen atoms in total. The van der Waals surface area contributed by atoms with Crippen LogP contribution in [0, 0.1) is 34.6 Å². The second kappa shape index (κ2) is 12.5. The SMILES string of the molecule is CCC(=C/C(Cc1c(C)c(Cc2cc(C)c(O)c(Cc3cc(C)ccc3O)c2C)cc(C)c1O)=C(\C)O)CC. The van der Waals surface area contributed by atoms with Gasteiger partial charge in [-0.1, -0.05) is 55.3 Å². The standard InChI is InChI=1S/C35H44O4/c1-9-26(10-2)16-29(25(8)36)18-31-23(6)27(14-21(4)34(31)38)17-28-15-22(5)35(39)32(24(28)7)19-30-13-20(3)11-12-33(30)37/h11-16,36-39H,9-10,17-19H2,1-8H3/b29-25-. The molecule has 4 heteroatoms. The molecule has 3 rings (SSSR count). The van der Waals surface area contributed by atoms with E-state index in [1.54, 1.807) is 13.0 Å². The molecule has 39 heavy (non-hydrogen) atoms. The fraction of sp³-hybridized carbons (Fsp3) is 0.371. The van der Waals surface area contributed by atoms with Crippen LogP contribution in [0.5, 0.6) is 17.2 Å². The molecule has 0 aliphatic heterocycles. The van der Waals surface area contributed by atoms with Crippen LogP contribution in [0.3, 0.4) is 0 Å². The fourth-order valence-electron chi connectivity index (χ4n) is 5.32. The first-order valence-corrected chi connectivity index (χ1v) is 13.9. The van der Waals surface area contributed by atoms with Gasteiger partial charge in [-0.3, -0.25) is 0 Å². The lowest BCUT2D eigenvalue weighted by atomic mass is 9.86. The average Bonchev–Trinajstić information content (AvgIpc) is 2.89. The van der Waals surface area contributed by atoms with Crippen LogP contribution in [0.15, 0.2) is 53.3 Å². The number of hydrogen-bond acceptors (Lipinski definition) is 4. The smallest absolute Gasteiger partial charge is 0.122 e. The number of aliphatic hydroxyl groups excluding tert-OH is 1. The molecule has 0 radical (unpaired) electrons. The molecule has 0 saturated heterocycles. The Labute approximate surface area is 234 Å². The van der Waals surface area contributed by atoms with Gasteiger partial charge in [0.05, 0.1) is 5.76 Å². The molecule has 0 fully saturated rings. The Morgan fingerprint density at radius 1 is 0.718 bits per heavy atom. The Balaban J connectivity index is 2.08. The Kier molecular flexibility index (Phi) is 9.55. The first-order chi connectivity index (χ1) is 18.4. The van der Waals surface area contributed by atoms with E-state index < -0.39 is 0 Å². The second-order valence-electron chi connectivity index (χ2n) is 10.9. The monoisotopic (exact) mass is 528 g/mol. The van der Waals surface area contributed by atoms with Crippen molar-refractivity contribution >= 4 is 0 Å². The van der Waals surface area contributed by atoms with Crippen molar-refractivity contribution in [3.63, 3.8) is 0 Å². The van der Waals surface area contributed by atoms with Crippen molar-refractivity contribution in [1.29, 1.82) is 0 Å². The van der Waals surface area contributed by atoms with Crippen LogP contribution >= 0.6 is 0 Å². The molecular weight excluding hydrogens is 484 g/mol. The van der Waals surface area contributed by atoms with Crippen molar-refractivity contribution in [2.75, 3.05) is 0 Å². The third-order valence-corrected chi connectivity index (χ3v) is 8.07. The number of hydrogen-bond donors (Lipinski definition) is 4. The van der Waals surface area contributed by atoms with Gasteiger partial charge in [-0.05, 0) is 111 Å². The van der Waals surface area contributed by atoms with Crippen molar-refractivity contribution < 1.29 is 20.4 Å². The molecule has 0 amide bonds. The summed E-state index contributed by atoms with van der Waals surface area (Å²) in [5, 5.41) is 42.9. The number of benzene rings is 3. The van der Waals surface area contributed by atoms with Crippen molar-refractivity contribution in [1.82, 2.24) is 0 Å². The molecule has 0 saturated carbocycles. The normalized spacial score (nSPS) is 11.9. The van der Waals surface area contributed by atoms with Gasteiger partial charge in [-0.2, -0.15) is 0 Å². The second-order valence-corrected chi connectivity index (χ2v) is 10.9. The van der Waals surface area contributed by atoms with Gasteiger partial charge in [0.2, 0.25) is 0 Å². The first kappa shape index (κ1) is 29.9. The lowest BCUT2D eigenvalue weighted by Crippen LogP contribution is -2.05. The largest absolute Gasteiger partial charge is 0.512 e. The third-order valence-electron chi connectivity index (χ3n) is 8.07. The highest BCUT2D eigenvalue weighted by Crippen LogP contribution is 2.36. The number of aryl methyl sites for hydroxylation is 3. The van der Waals surface area contributed by atoms with Crippen LogP contribution < -0.4 is 0 Å². The maximum absolute atomic E-state index is 11.1. The molecule has 0 aromatic heterocycles. The van der Waals surface area contributed by atoms with Crippen molar-refractivity contribution in [2.24, 2.45) is 0 Å². The zero-order chi connectivity index (χ0) is 29.0. The number of aromatic hydroxyl groups is 3. The lowest BCUT2D eigenvalue weighted by Gasteiger charge is -2.20. The van der Waals surface area contributed by atoms with Crippen LogP contribution in [0.4, 0.5) is 0 Å². The number of rotatable bonds is 9. The van der Waals surface area contributed by atoms with Gasteiger partial charge in [-0.15, -0.1) is 0 Å². The average molecular weight is 529 g/mol. The summed E-state index contributed by atoms with van der Waals surface area (Å²) in [4.78, 5) is 0. The highest BCUT2D eigenvalue weighted by Gasteiger charge is 2.19. The Morgan fingerprint density at radius 3 is 1.79 bits per heavy atom. The molecule has 3 aromatic carbocycles. The summed E-state index contributed by atoms with van der Waals surface area (Å²) < 4.78 is 0. The number of phenols is 3. The summed E-state index contributed by atoms with van der Waals surface area (Å²) in [7, 11) is 0. The third kappa shape index (κ3) is 6.68. The van der Waals surface area contributed by atoms with E-state index >= 15 is 0 Å². The molecule has 0 spiro atoms. The molecule has 0 aliphatic carbocycles. The van der Waals surface area contributed by atoms with E-state index in [4.69, 9.17) is 0 Å². The number of aliphatic hydroxyl groups is 1. The Bertz CT molecular complexity index is 1430. The molecule has 0 bridgehead atoms. The maximum Gasteiger partial charge on any atom is 0.122 e. The van der Waals surface area contributed by atoms with Gasteiger partial charge in [0.25, 0.3) is 0 Å². The Morgan fingerprint density at radius 2 is 1.26 bits per heavy atom. The van der Waals surface area contributed by atoms with E-state index in [9.17, 15) is 20.4 Å². The van der Waals surface area contributed by atoms with E-state index in [-0.39, 0.29) is 23.0 Å². The molecule has 3 aromatic rings. The lowest BCUT2D eigenvalue weighted by molar-refractivity contribution is 0.407. The van der Waals surface area contributed by atoms with Crippen molar-refractivity contribution in [3.8, 4) is 17.2 Å². The minimum atomic E-state index is 0.225. The van der Waals surface area contributed by atoms with E-state index in [1.165, 1.54) is 5.57 Å². The number of phenolic OH excluding ortho intramolecular Hbond substituents is 3. The predicted octanol–water partition coefficient (Wildman–Crippen LogP) is 8.65. The zero-order valence-corrected chi connectivity index (χ0v) is 24.8. The van der Waals surface area contributed by atoms with Crippen molar-refractivity contribution in [3.05, 3.63) is 109 Å². The summed E-state index contributed by atoms with van der Waals surface area (Å²) in [5.41, 5.74) is 11.4. The molecule has 0 unspecified atom stereocenters. The van der Waals surface area contributed by atoms with Crippen LogP contribution in [0.25, 0.3) is 0 Å². The first-order valence-electron chi connectivity index (χ1n) is 13.9. The fourth-order valence-corrected chi connectivity index (χ4v) is 5.32. The molecule has 0 aliphatic rings. The molecule has 0 heterocycles. The predicted molar refractivity (Wildman–Crippen MR) is 161 cm³/mol.